The molecule has 4 rings (SSSR count). The average Bonchev–Trinajstić information content (AvgIpc) is 3.27. The molecule has 0 radical (unpaired) electrons. The van der Waals surface area contributed by atoms with E-state index in [0.29, 0.717) is 17.0 Å². The summed E-state index contributed by atoms with van der Waals surface area (Å²) in [5, 5.41) is 11.0. The first-order valence-corrected chi connectivity index (χ1v) is 8.03. The van der Waals surface area contributed by atoms with E-state index in [-0.39, 0.29) is 11.0 Å². The van der Waals surface area contributed by atoms with Gasteiger partial charge in [0.1, 0.15) is 5.39 Å². The first-order chi connectivity index (χ1) is 11.2. The number of aromatic nitrogens is 4. The summed E-state index contributed by atoms with van der Waals surface area (Å²) in [7, 11) is 0. The largest absolute Gasteiger partial charge is 0.356 e. The second-order valence-corrected chi connectivity index (χ2v) is 6.09. The molecule has 3 N–H and O–H groups in total. The standard InChI is InChI=1S/C17H19N5O/c1-2-10-18-16-19-14-12(15(23)20-16)13(21-22-14)17(8-9-17)11-6-4-3-5-7-11/h3-7H,2,8-10H2,1H3,(H3,18,19,20,21,22,23). The van der Waals surface area contributed by atoms with Gasteiger partial charge < -0.3 is 5.32 Å². The van der Waals surface area contributed by atoms with Gasteiger partial charge in [0.25, 0.3) is 5.56 Å². The molecule has 0 atom stereocenters. The lowest BCUT2D eigenvalue weighted by molar-refractivity contribution is 0.798. The first-order valence-electron chi connectivity index (χ1n) is 8.03. The van der Waals surface area contributed by atoms with Crippen molar-refractivity contribution in [1.29, 1.82) is 0 Å². The van der Waals surface area contributed by atoms with Crippen molar-refractivity contribution in [3.63, 3.8) is 0 Å². The van der Waals surface area contributed by atoms with Crippen LogP contribution in [-0.4, -0.2) is 26.7 Å². The van der Waals surface area contributed by atoms with Crippen LogP contribution in [0.1, 0.15) is 37.4 Å². The predicted octanol–water partition coefficient (Wildman–Crippen LogP) is 2.55. The van der Waals surface area contributed by atoms with Gasteiger partial charge in [0.05, 0.1) is 5.69 Å². The molecular weight excluding hydrogens is 290 g/mol. The Morgan fingerprint density at radius 1 is 1.26 bits per heavy atom. The third-order valence-corrected chi connectivity index (χ3v) is 4.52. The zero-order valence-electron chi connectivity index (χ0n) is 13.0. The number of anilines is 1. The van der Waals surface area contributed by atoms with Crippen molar-refractivity contribution in [3.8, 4) is 0 Å². The molecule has 6 nitrogen and oxygen atoms in total. The van der Waals surface area contributed by atoms with Gasteiger partial charge in [-0.1, -0.05) is 37.3 Å². The molecule has 6 heteroatoms. The number of nitrogens with one attached hydrogen (secondary N) is 3. The average molecular weight is 309 g/mol. The van der Waals surface area contributed by atoms with Crippen LogP contribution >= 0.6 is 0 Å². The van der Waals surface area contributed by atoms with Gasteiger partial charge in [0.2, 0.25) is 5.95 Å². The molecule has 2 aromatic heterocycles. The number of aromatic amines is 2. The summed E-state index contributed by atoms with van der Waals surface area (Å²) in [4.78, 5) is 19.8. The van der Waals surface area contributed by atoms with Crippen LogP contribution in [0.25, 0.3) is 11.0 Å². The summed E-state index contributed by atoms with van der Waals surface area (Å²) in [6.45, 7) is 2.83. The highest BCUT2D eigenvalue weighted by Crippen LogP contribution is 2.53. The third-order valence-electron chi connectivity index (χ3n) is 4.52. The lowest BCUT2D eigenvalue weighted by Gasteiger charge is -2.14. The van der Waals surface area contributed by atoms with E-state index in [2.05, 4.69) is 44.5 Å². The zero-order chi connectivity index (χ0) is 15.9. The second-order valence-electron chi connectivity index (χ2n) is 6.09. The maximum absolute atomic E-state index is 12.6. The van der Waals surface area contributed by atoms with Crippen LogP contribution in [0.5, 0.6) is 0 Å². The molecule has 1 aromatic carbocycles. The molecule has 0 saturated heterocycles. The summed E-state index contributed by atoms with van der Waals surface area (Å²) in [5.41, 5.74) is 2.32. The monoisotopic (exact) mass is 309 g/mol. The molecule has 118 valence electrons. The van der Waals surface area contributed by atoms with E-state index in [4.69, 9.17) is 0 Å². The van der Waals surface area contributed by atoms with Crippen molar-refractivity contribution in [2.45, 2.75) is 31.6 Å². The second kappa shape index (κ2) is 5.22. The Kier molecular flexibility index (Phi) is 3.18. The third kappa shape index (κ3) is 2.21. The highest BCUT2D eigenvalue weighted by molar-refractivity contribution is 5.80. The van der Waals surface area contributed by atoms with Gasteiger partial charge in [-0.2, -0.15) is 10.1 Å². The topological polar surface area (TPSA) is 86.5 Å². The smallest absolute Gasteiger partial charge is 0.263 e. The SMILES string of the molecule is CCCNc1nc2n[nH]c(C3(c4ccccc4)CC3)c2c(=O)[nH]1. The molecule has 0 spiro atoms. The molecule has 2 heterocycles. The lowest BCUT2D eigenvalue weighted by Crippen LogP contribution is -2.17. The predicted molar refractivity (Wildman–Crippen MR) is 89.7 cm³/mol. The maximum atomic E-state index is 12.6. The summed E-state index contributed by atoms with van der Waals surface area (Å²) in [6, 6.07) is 10.3. The van der Waals surface area contributed by atoms with Crippen LogP contribution in [0.3, 0.4) is 0 Å². The van der Waals surface area contributed by atoms with Gasteiger partial charge in [0, 0.05) is 12.0 Å². The first kappa shape index (κ1) is 14.0. The molecule has 0 bridgehead atoms. The van der Waals surface area contributed by atoms with Gasteiger partial charge in [-0.05, 0) is 24.8 Å². The minimum Gasteiger partial charge on any atom is -0.356 e. The summed E-state index contributed by atoms with van der Waals surface area (Å²) < 4.78 is 0. The van der Waals surface area contributed by atoms with Gasteiger partial charge in [0.15, 0.2) is 5.65 Å². The van der Waals surface area contributed by atoms with E-state index in [1.54, 1.807) is 0 Å². The quantitative estimate of drug-likeness (QED) is 0.676. The number of benzene rings is 1. The number of fused-ring (bicyclic) bond motifs is 1. The molecule has 3 aromatic rings. The molecule has 1 aliphatic rings. The molecule has 0 unspecified atom stereocenters. The molecule has 1 aliphatic carbocycles. The Bertz CT molecular complexity index is 892. The van der Waals surface area contributed by atoms with E-state index in [0.717, 1.165) is 31.5 Å². The van der Waals surface area contributed by atoms with E-state index in [1.165, 1.54) is 5.56 Å². The fourth-order valence-electron chi connectivity index (χ4n) is 3.17. The number of hydrogen-bond donors (Lipinski definition) is 3. The summed E-state index contributed by atoms with van der Waals surface area (Å²) in [5.74, 6) is 0.479. The van der Waals surface area contributed by atoms with Gasteiger partial charge >= 0.3 is 0 Å². The minimum absolute atomic E-state index is 0.122. The van der Waals surface area contributed by atoms with Crippen molar-refractivity contribution in [1.82, 2.24) is 20.2 Å². The Morgan fingerprint density at radius 2 is 2.04 bits per heavy atom. The van der Waals surface area contributed by atoms with Gasteiger partial charge in [-0.15, -0.1) is 0 Å². The molecule has 0 amide bonds. The molecule has 1 fully saturated rings. The zero-order valence-corrected chi connectivity index (χ0v) is 13.0. The van der Waals surface area contributed by atoms with Crippen molar-refractivity contribution in [3.05, 3.63) is 51.9 Å². The van der Waals surface area contributed by atoms with Crippen molar-refractivity contribution >= 4 is 17.0 Å². The van der Waals surface area contributed by atoms with Crippen LogP contribution in [-0.2, 0) is 5.41 Å². The molecule has 23 heavy (non-hydrogen) atoms. The highest BCUT2D eigenvalue weighted by Gasteiger charge is 2.48. The van der Waals surface area contributed by atoms with Crippen LogP contribution in [0, 0.1) is 0 Å². The highest BCUT2D eigenvalue weighted by atomic mass is 16.1. The summed E-state index contributed by atoms with van der Waals surface area (Å²) >= 11 is 0. The fourth-order valence-corrected chi connectivity index (χ4v) is 3.17. The fraction of sp³-hybridized carbons (Fsp3) is 0.353. The summed E-state index contributed by atoms with van der Waals surface area (Å²) in [6.07, 6.45) is 3.00. The Hall–Kier alpha value is -2.63. The lowest BCUT2D eigenvalue weighted by atomic mass is 9.91. The van der Waals surface area contributed by atoms with E-state index in [9.17, 15) is 4.79 Å². The van der Waals surface area contributed by atoms with Crippen molar-refractivity contribution < 1.29 is 0 Å². The minimum atomic E-state index is -0.139. The van der Waals surface area contributed by atoms with Gasteiger partial charge in [-0.3, -0.25) is 14.9 Å². The normalized spacial score (nSPS) is 15.7. The molecular formula is C17H19N5O. The van der Waals surface area contributed by atoms with Crippen LogP contribution in [0.15, 0.2) is 35.1 Å². The van der Waals surface area contributed by atoms with Crippen LogP contribution in [0.4, 0.5) is 5.95 Å². The van der Waals surface area contributed by atoms with Gasteiger partial charge in [-0.25, -0.2) is 0 Å². The number of nitrogens with zero attached hydrogens (tertiary/aromatic N) is 2. The molecule has 0 aliphatic heterocycles. The van der Waals surface area contributed by atoms with E-state index < -0.39 is 0 Å². The van der Waals surface area contributed by atoms with E-state index in [1.807, 2.05) is 18.2 Å². The van der Waals surface area contributed by atoms with Crippen molar-refractivity contribution in [2.75, 3.05) is 11.9 Å². The van der Waals surface area contributed by atoms with Crippen molar-refractivity contribution in [2.24, 2.45) is 0 Å². The van der Waals surface area contributed by atoms with Crippen LogP contribution in [0.2, 0.25) is 0 Å². The Labute approximate surface area is 133 Å². The Morgan fingerprint density at radius 3 is 2.74 bits per heavy atom. The number of rotatable bonds is 5. The number of hydrogen-bond acceptors (Lipinski definition) is 4. The van der Waals surface area contributed by atoms with E-state index >= 15 is 0 Å². The molecule has 1 saturated carbocycles. The number of H-pyrrole nitrogens is 2. The Balaban J connectivity index is 1.82. The maximum Gasteiger partial charge on any atom is 0.263 e. The van der Waals surface area contributed by atoms with Crippen LogP contribution < -0.4 is 10.9 Å².